The number of amides is 2. The maximum absolute atomic E-state index is 13.1. The van der Waals surface area contributed by atoms with E-state index in [1.165, 1.54) is 15.3 Å². The van der Waals surface area contributed by atoms with Gasteiger partial charge in [-0.05, 0) is 57.7 Å². The molecule has 32 heavy (non-hydrogen) atoms. The van der Waals surface area contributed by atoms with Gasteiger partial charge in [0.05, 0.1) is 29.8 Å². The number of hydrogen-bond donors (Lipinski definition) is 2. The summed E-state index contributed by atoms with van der Waals surface area (Å²) in [4.78, 5) is 26.0. The number of anilines is 1. The molecular weight excluding hydrogens is 432 g/mol. The second-order valence-electron chi connectivity index (χ2n) is 8.73. The second-order valence-corrected chi connectivity index (χ2v) is 10.7. The number of likely N-dealkylation sites (N-methyl/N-ethyl adjacent to an activating group) is 1. The van der Waals surface area contributed by atoms with E-state index in [4.69, 9.17) is 4.74 Å². The summed E-state index contributed by atoms with van der Waals surface area (Å²) < 4.78 is 33.5. The van der Waals surface area contributed by atoms with Gasteiger partial charge in [-0.25, -0.2) is 8.42 Å². The Morgan fingerprint density at radius 3 is 2.50 bits per heavy atom. The van der Waals surface area contributed by atoms with Gasteiger partial charge in [0, 0.05) is 26.2 Å². The maximum atomic E-state index is 13.1. The molecule has 2 aliphatic rings. The fourth-order valence-electron chi connectivity index (χ4n) is 3.53. The van der Waals surface area contributed by atoms with E-state index in [9.17, 15) is 18.0 Å². The van der Waals surface area contributed by atoms with Crippen molar-refractivity contribution in [3.8, 4) is 5.75 Å². The summed E-state index contributed by atoms with van der Waals surface area (Å²) in [5, 5.41) is 5.86. The van der Waals surface area contributed by atoms with Crippen LogP contribution in [0.2, 0.25) is 0 Å². The lowest BCUT2D eigenvalue weighted by Gasteiger charge is -2.26. The van der Waals surface area contributed by atoms with Crippen LogP contribution in [0.3, 0.4) is 0 Å². The SMILES string of the molecule is CC(C)Oc1ccc(S(=O)(=O)N2CCCCC2)cc1NCC(=O)N(C)CC(=O)NC1CC1. The predicted molar refractivity (Wildman–Crippen MR) is 122 cm³/mol. The van der Waals surface area contributed by atoms with Crippen molar-refractivity contribution < 1.29 is 22.7 Å². The third-order valence-corrected chi connectivity index (χ3v) is 7.34. The summed E-state index contributed by atoms with van der Waals surface area (Å²) in [6.45, 7) is 4.67. The molecule has 178 valence electrons. The monoisotopic (exact) mass is 466 g/mol. The summed E-state index contributed by atoms with van der Waals surface area (Å²) in [6.07, 6.45) is 4.60. The van der Waals surface area contributed by atoms with E-state index >= 15 is 0 Å². The van der Waals surface area contributed by atoms with E-state index < -0.39 is 10.0 Å². The van der Waals surface area contributed by atoms with E-state index in [0.29, 0.717) is 24.5 Å². The lowest BCUT2D eigenvalue weighted by molar-refractivity contribution is -0.133. The van der Waals surface area contributed by atoms with Crippen LogP contribution in [0, 0.1) is 0 Å². The van der Waals surface area contributed by atoms with Gasteiger partial charge in [-0.15, -0.1) is 0 Å². The summed E-state index contributed by atoms with van der Waals surface area (Å²) in [5.74, 6) is 0.0112. The first-order valence-corrected chi connectivity index (χ1v) is 12.7. The summed E-state index contributed by atoms with van der Waals surface area (Å²) >= 11 is 0. The third kappa shape index (κ3) is 6.59. The van der Waals surface area contributed by atoms with Gasteiger partial charge in [0.25, 0.3) is 0 Å². The Balaban J connectivity index is 1.70. The Morgan fingerprint density at radius 1 is 1.19 bits per heavy atom. The molecule has 0 unspecified atom stereocenters. The first-order valence-electron chi connectivity index (χ1n) is 11.2. The fraction of sp³-hybridized carbons (Fsp3) is 0.636. The number of carbonyl (C=O) groups is 2. The molecule has 1 aromatic rings. The van der Waals surface area contributed by atoms with Crippen molar-refractivity contribution in [1.29, 1.82) is 0 Å². The fourth-order valence-corrected chi connectivity index (χ4v) is 5.07. The van der Waals surface area contributed by atoms with Crippen LogP contribution in [0.4, 0.5) is 5.69 Å². The Hall–Kier alpha value is -2.33. The molecule has 0 aromatic heterocycles. The molecule has 2 N–H and O–H groups in total. The van der Waals surface area contributed by atoms with Gasteiger partial charge in [0.15, 0.2) is 0 Å². The van der Waals surface area contributed by atoms with Crippen LogP contribution in [0.15, 0.2) is 23.1 Å². The largest absolute Gasteiger partial charge is 0.489 e. The number of ether oxygens (including phenoxy) is 1. The molecule has 10 heteroatoms. The molecule has 2 amide bonds. The molecule has 1 aliphatic carbocycles. The van der Waals surface area contributed by atoms with Gasteiger partial charge in [0.2, 0.25) is 21.8 Å². The molecular formula is C22H34N4O5S. The van der Waals surface area contributed by atoms with Crippen molar-refractivity contribution in [3.05, 3.63) is 18.2 Å². The number of piperidine rings is 1. The first kappa shape index (κ1) is 24.3. The number of nitrogens with zero attached hydrogens (tertiary/aromatic N) is 2. The van der Waals surface area contributed by atoms with Gasteiger partial charge in [0.1, 0.15) is 5.75 Å². The lowest BCUT2D eigenvalue weighted by Crippen LogP contribution is -2.41. The first-order chi connectivity index (χ1) is 15.2. The zero-order valence-corrected chi connectivity index (χ0v) is 19.9. The topological polar surface area (TPSA) is 108 Å². The number of carbonyl (C=O) groups excluding carboxylic acids is 2. The second kappa shape index (κ2) is 10.5. The number of hydrogen-bond acceptors (Lipinski definition) is 6. The van der Waals surface area contributed by atoms with Gasteiger partial charge >= 0.3 is 0 Å². The van der Waals surface area contributed by atoms with Crippen molar-refractivity contribution >= 4 is 27.5 Å². The van der Waals surface area contributed by atoms with E-state index in [0.717, 1.165) is 32.1 Å². The van der Waals surface area contributed by atoms with Crippen LogP contribution in [-0.4, -0.2) is 74.8 Å². The molecule has 3 rings (SSSR count). The van der Waals surface area contributed by atoms with E-state index in [1.54, 1.807) is 19.2 Å². The van der Waals surface area contributed by atoms with Crippen LogP contribution in [-0.2, 0) is 19.6 Å². The van der Waals surface area contributed by atoms with Crippen LogP contribution in [0.1, 0.15) is 46.0 Å². The smallest absolute Gasteiger partial charge is 0.243 e. The Kier molecular flexibility index (Phi) is 8.00. The van der Waals surface area contributed by atoms with Crippen LogP contribution < -0.4 is 15.4 Å². The number of benzene rings is 1. The standard InChI is InChI=1S/C22H34N4O5S/c1-16(2)31-20-10-9-18(32(29,30)26-11-5-4-6-12-26)13-19(20)23-14-22(28)25(3)15-21(27)24-17-7-8-17/h9-10,13,16-17,23H,4-8,11-12,14-15H2,1-3H3,(H,24,27). The van der Waals surface area contributed by atoms with E-state index in [2.05, 4.69) is 10.6 Å². The average Bonchev–Trinajstić information content (AvgIpc) is 3.56. The van der Waals surface area contributed by atoms with Crippen LogP contribution in [0.5, 0.6) is 5.75 Å². The summed E-state index contributed by atoms with van der Waals surface area (Å²) in [5.41, 5.74) is 0.431. The van der Waals surface area contributed by atoms with Gasteiger partial charge < -0.3 is 20.3 Å². The number of rotatable bonds is 10. The quantitative estimate of drug-likeness (QED) is 0.544. The Labute approximate surface area is 190 Å². The molecule has 9 nitrogen and oxygen atoms in total. The van der Waals surface area contributed by atoms with Crippen molar-refractivity contribution in [2.45, 2.75) is 63.0 Å². The molecule has 1 saturated carbocycles. The maximum Gasteiger partial charge on any atom is 0.243 e. The van der Waals surface area contributed by atoms with E-state index in [-0.39, 0.29) is 41.9 Å². The average molecular weight is 467 g/mol. The van der Waals surface area contributed by atoms with Crippen molar-refractivity contribution in [3.63, 3.8) is 0 Å². The van der Waals surface area contributed by atoms with Gasteiger partial charge in [-0.1, -0.05) is 6.42 Å². The third-order valence-electron chi connectivity index (χ3n) is 5.45. The molecule has 0 atom stereocenters. The molecule has 0 bridgehead atoms. The Morgan fingerprint density at radius 2 is 1.88 bits per heavy atom. The van der Waals surface area contributed by atoms with Crippen LogP contribution in [0.25, 0.3) is 0 Å². The van der Waals surface area contributed by atoms with Gasteiger partial charge in [-0.2, -0.15) is 4.31 Å². The zero-order chi connectivity index (χ0) is 23.3. The molecule has 1 aliphatic heterocycles. The highest BCUT2D eigenvalue weighted by atomic mass is 32.2. The highest BCUT2D eigenvalue weighted by molar-refractivity contribution is 7.89. The van der Waals surface area contributed by atoms with Gasteiger partial charge in [-0.3, -0.25) is 9.59 Å². The summed E-state index contributed by atoms with van der Waals surface area (Å²) in [6, 6.07) is 4.93. The highest BCUT2D eigenvalue weighted by Gasteiger charge is 2.27. The summed E-state index contributed by atoms with van der Waals surface area (Å²) in [7, 11) is -2.05. The normalized spacial score (nSPS) is 17.1. The van der Waals surface area contributed by atoms with Crippen molar-refractivity contribution in [2.75, 3.05) is 38.5 Å². The van der Waals surface area contributed by atoms with Crippen molar-refractivity contribution in [2.24, 2.45) is 0 Å². The zero-order valence-electron chi connectivity index (χ0n) is 19.1. The van der Waals surface area contributed by atoms with Crippen molar-refractivity contribution in [1.82, 2.24) is 14.5 Å². The van der Waals surface area contributed by atoms with Crippen LogP contribution >= 0.6 is 0 Å². The molecule has 2 fully saturated rings. The number of sulfonamides is 1. The molecule has 1 aromatic carbocycles. The lowest BCUT2D eigenvalue weighted by atomic mass is 10.2. The molecule has 0 radical (unpaired) electrons. The molecule has 1 saturated heterocycles. The predicted octanol–water partition coefficient (Wildman–Crippen LogP) is 1.80. The number of nitrogens with one attached hydrogen (secondary N) is 2. The Bertz CT molecular complexity index is 924. The highest BCUT2D eigenvalue weighted by Crippen LogP contribution is 2.31. The molecule has 1 heterocycles. The van der Waals surface area contributed by atoms with E-state index in [1.807, 2.05) is 13.8 Å². The minimum absolute atomic E-state index is 0.0181. The minimum Gasteiger partial charge on any atom is -0.489 e. The minimum atomic E-state index is -3.62. The molecule has 0 spiro atoms.